The van der Waals surface area contributed by atoms with Gasteiger partial charge in [-0.05, 0) is 92.3 Å². The van der Waals surface area contributed by atoms with Crippen LogP contribution in [0.3, 0.4) is 0 Å². The zero-order valence-electron chi connectivity index (χ0n) is 10.6. The molecule has 0 spiro atoms. The van der Waals surface area contributed by atoms with Crippen molar-refractivity contribution in [1.82, 2.24) is 0 Å². The van der Waals surface area contributed by atoms with E-state index in [4.69, 9.17) is 0 Å². The molecule has 0 heterocycles. The van der Waals surface area contributed by atoms with E-state index >= 15 is 0 Å². The van der Waals surface area contributed by atoms with Gasteiger partial charge in [0, 0.05) is 0 Å². The second kappa shape index (κ2) is 2.53. The van der Waals surface area contributed by atoms with E-state index in [2.05, 4.69) is 11.1 Å². The molecule has 8 atom stereocenters. The summed E-state index contributed by atoms with van der Waals surface area (Å²) in [7, 11) is 0. The third kappa shape index (κ3) is 0.805. The Hall–Kier alpha value is -0.260. The van der Waals surface area contributed by atoms with Gasteiger partial charge in [-0.2, -0.15) is 0 Å². The Kier molecular flexibility index (Phi) is 1.31. The van der Waals surface area contributed by atoms with Crippen LogP contribution in [-0.2, 0) is 0 Å². The van der Waals surface area contributed by atoms with Crippen LogP contribution in [0.1, 0.15) is 44.9 Å². The first-order valence-electron chi connectivity index (χ1n) is 8.13. The van der Waals surface area contributed by atoms with Crippen molar-refractivity contribution in [2.45, 2.75) is 44.9 Å². The zero-order chi connectivity index (χ0) is 10.7. The fourth-order valence-electron chi connectivity index (χ4n) is 7.69. The van der Waals surface area contributed by atoms with Gasteiger partial charge in [0.1, 0.15) is 0 Å². The maximum atomic E-state index is 2.08. The summed E-state index contributed by atoms with van der Waals surface area (Å²) in [4.78, 5) is 0. The summed E-state index contributed by atoms with van der Waals surface area (Å²) in [5, 5.41) is 0. The summed E-state index contributed by atoms with van der Waals surface area (Å²) >= 11 is 0. The highest BCUT2D eigenvalue weighted by Gasteiger charge is 2.62. The van der Waals surface area contributed by atoms with Gasteiger partial charge in [0.2, 0.25) is 0 Å². The minimum Gasteiger partial charge on any atom is -0.0665 e. The van der Waals surface area contributed by atoms with Crippen LogP contribution in [0.15, 0.2) is 11.1 Å². The Morgan fingerprint density at radius 2 is 1.65 bits per heavy atom. The fourth-order valence-corrected chi connectivity index (χ4v) is 7.69. The van der Waals surface area contributed by atoms with Gasteiger partial charge in [0.05, 0.1) is 0 Å². The highest BCUT2D eigenvalue weighted by molar-refractivity contribution is 5.40. The Morgan fingerprint density at radius 1 is 0.765 bits per heavy atom. The quantitative estimate of drug-likeness (QED) is 0.432. The summed E-state index contributed by atoms with van der Waals surface area (Å²) in [5.74, 6) is 9.12. The molecule has 0 aromatic carbocycles. The third-order valence-electron chi connectivity index (χ3n) is 7.92. The van der Waals surface area contributed by atoms with Crippen LogP contribution < -0.4 is 0 Å². The van der Waals surface area contributed by atoms with Crippen molar-refractivity contribution in [2.75, 3.05) is 0 Å². The molecule has 8 unspecified atom stereocenters. The number of allylic oxidation sites excluding steroid dienone is 2. The summed E-state index contributed by atoms with van der Waals surface area (Å²) in [5.41, 5.74) is 4.14. The lowest BCUT2D eigenvalue weighted by Gasteiger charge is -2.37. The Labute approximate surface area is 104 Å². The topological polar surface area (TPSA) is 0 Å². The van der Waals surface area contributed by atoms with Crippen LogP contribution in [0.4, 0.5) is 0 Å². The van der Waals surface area contributed by atoms with Crippen LogP contribution in [-0.4, -0.2) is 0 Å². The van der Waals surface area contributed by atoms with Crippen molar-refractivity contribution < 1.29 is 0 Å². The highest BCUT2D eigenvalue weighted by Crippen LogP contribution is 2.71. The van der Waals surface area contributed by atoms with E-state index in [-0.39, 0.29) is 0 Å². The van der Waals surface area contributed by atoms with Crippen molar-refractivity contribution in [3.8, 4) is 0 Å². The van der Waals surface area contributed by atoms with Crippen LogP contribution in [0.5, 0.6) is 0 Å². The molecule has 0 aromatic rings. The smallest absolute Gasteiger partial charge is 0.0138 e. The molecule has 6 saturated carbocycles. The Balaban J connectivity index is 1.57. The van der Waals surface area contributed by atoms with Gasteiger partial charge in [-0.25, -0.2) is 0 Å². The average molecular weight is 226 g/mol. The van der Waals surface area contributed by atoms with E-state index in [9.17, 15) is 0 Å². The molecular formula is C17H22. The Morgan fingerprint density at radius 3 is 2.65 bits per heavy atom. The van der Waals surface area contributed by atoms with E-state index < -0.39 is 0 Å². The second-order valence-corrected chi connectivity index (χ2v) is 8.15. The molecule has 0 amide bonds. The van der Waals surface area contributed by atoms with E-state index in [0.29, 0.717) is 0 Å². The third-order valence-corrected chi connectivity index (χ3v) is 7.92. The van der Waals surface area contributed by atoms with Gasteiger partial charge in [0.15, 0.2) is 0 Å². The lowest BCUT2D eigenvalue weighted by atomic mass is 9.67. The second-order valence-electron chi connectivity index (χ2n) is 8.15. The maximum Gasteiger partial charge on any atom is -0.0138 e. The first-order valence-corrected chi connectivity index (χ1v) is 8.13. The molecular weight excluding hydrogens is 204 g/mol. The van der Waals surface area contributed by atoms with Crippen molar-refractivity contribution in [2.24, 2.45) is 47.3 Å². The predicted octanol–water partition coefficient (Wildman–Crippen LogP) is 4.02. The van der Waals surface area contributed by atoms with Gasteiger partial charge >= 0.3 is 0 Å². The van der Waals surface area contributed by atoms with E-state index in [1.165, 1.54) is 11.8 Å². The number of hydrogen-bond donors (Lipinski definition) is 0. The summed E-state index contributed by atoms with van der Waals surface area (Å²) in [6.45, 7) is 0. The minimum atomic E-state index is 1.10. The molecule has 90 valence electrons. The van der Waals surface area contributed by atoms with Gasteiger partial charge in [0.25, 0.3) is 0 Å². The number of fused-ring (bicyclic) bond motifs is 9. The normalized spacial score (nSPS) is 64.9. The molecule has 6 fully saturated rings. The van der Waals surface area contributed by atoms with Gasteiger partial charge in [-0.1, -0.05) is 11.1 Å². The minimum absolute atomic E-state index is 1.10. The first-order chi connectivity index (χ1) is 8.40. The summed E-state index contributed by atoms with van der Waals surface area (Å²) in [6, 6.07) is 0. The number of rotatable bonds is 0. The lowest BCUT2D eigenvalue weighted by Crippen LogP contribution is -2.29. The molecule has 8 bridgehead atoms. The summed E-state index contributed by atoms with van der Waals surface area (Å²) < 4.78 is 0. The molecule has 0 aromatic heterocycles. The molecule has 17 heavy (non-hydrogen) atoms. The molecule has 0 saturated heterocycles. The highest BCUT2D eigenvalue weighted by atomic mass is 14.7. The van der Waals surface area contributed by atoms with Crippen molar-refractivity contribution in [3.63, 3.8) is 0 Å². The SMILES string of the molecule is C1C2CC3C2=C2CC(CC13)C1C3CCC(C3)C21. The van der Waals surface area contributed by atoms with Crippen LogP contribution >= 0.6 is 0 Å². The predicted molar refractivity (Wildman–Crippen MR) is 67.3 cm³/mol. The zero-order valence-corrected chi connectivity index (χ0v) is 10.6. The molecule has 0 N–H and O–H groups in total. The van der Waals surface area contributed by atoms with E-state index in [1.807, 2.05) is 0 Å². The molecule has 7 rings (SSSR count). The van der Waals surface area contributed by atoms with Gasteiger partial charge < -0.3 is 0 Å². The average Bonchev–Trinajstić information content (AvgIpc) is 2.99. The summed E-state index contributed by atoms with van der Waals surface area (Å²) in [6.07, 6.45) is 11.2. The fraction of sp³-hybridized carbons (Fsp3) is 0.882. The molecule has 0 aliphatic heterocycles. The van der Waals surface area contributed by atoms with E-state index in [0.717, 1.165) is 35.5 Å². The molecule has 0 heteroatoms. The monoisotopic (exact) mass is 226 g/mol. The van der Waals surface area contributed by atoms with Gasteiger partial charge in [-0.15, -0.1) is 0 Å². The number of hydrogen-bond acceptors (Lipinski definition) is 0. The molecule has 7 aliphatic carbocycles. The largest absolute Gasteiger partial charge is 0.0665 e. The van der Waals surface area contributed by atoms with Gasteiger partial charge in [-0.3, -0.25) is 0 Å². The van der Waals surface area contributed by atoms with Crippen molar-refractivity contribution >= 4 is 0 Å². The van der Waals surface area contributed by atoms with Crippen LogP contribution in [0.25, 0.3) is 0 Å². The lowest BCUT2D eigenvalue weighted by molar-refractivity contribution is 0.183. The van der Waals surface area contributed by atoms with Crippen LogP contribution in [0, 0.1) is 47.3 Å². The Bertz CT molecular complexity index is 445. The van der Waals surface area contributed by atoms with Crippen molar-refractivity contribution in [3.05, 3.63) is 11.1 Å². The maximum absolute atomic E-state index is 2.08. The molecule has 0 nitrogen and oxygen atoms in total. The molecule has 7 aliphatic rings. The van der Waals surface area contributed by atoms with E-state index in [1.54, 1.807) is 44.9 Å². The van der Waals surface area contributed by atoms with Crippen LogP contribution in [0.2, 0.25) is 0 Å². The first kappa shape index (κ1) is 8.77. The molecule has 0 radical (unpaired) electrons. The van der Waals surface area contributed by atoms with Crippen molar-refractivity contribution in [1.29, 1.82) is 0 Å². The standard InChI is InChI=1S/C17H22/c1-2-9-3-8(1)15-11-4-10-5-12-6-13(10)16(12)14(7-11)17(9)15/h8-13,15,17H,1-7H2.